The number of nitrogens with one attached hydrogen (secondary N) is 2. The van der Waals surface area contributed by atoms with Crippen molar-refractivity contribution < 1.29 is 18.7 Å². The largest absolute Gasteiger partial charge is 0.383 e. The van der Waals surface area contributed by atoms with Gasteiger partial charge in [0.05, 0.1) is 23.6 Å². The fourth-order valence-electron chi connectivity index (χ4n) is 2.18. The highest BCUT2D eigenvalue weighted by Gasteiger charge is 2.14. The average molecular weight is 376 g/mol. The second kappa shape index (κ2) is 9.94. The van der Waals surface area contributed by atoms with Gasteiger partial charge >= 0.3 is 0 Å². The lowest BCUT2D eigenvalue weighted by Gasteiger charge is -2.11. The summed E-state index contributed by atoms with van der Waals surface area (Å²) in [6.45, 7) is 2.65. The molecule has 26 heavy (non-hydrogen) atoms. The van der Waals surface area contributed by atoms with Gasteiger partial charge in [-0.25, -0.2) is 4.39 Å². The molecule has 0 fully saturated rings. The number of hydrogen-bond acceptors (Lipinski definition) is 4. The quantitative estimate of drug-likeness (QED) is 0.548. The Labute approximate surface area is 156 Å². The highest BCUT2D eigenvalue weighted by molar-refractivity contribution is 8.00. The number of methoxy groups -OCH3 is 1. The van der Waals surface area contributed by atoms with Crippen molar-refractivity contribution in [3.8, 4) is 0 Å². The molecule has 0 aromatic heterocycles. The molecule has 0 unspecified atom stereocenters. The first-order valence-electron chi connectivity index (χ1n) is 8.06. The van der Waals surface area contributed by atoms with Crippen molar-refractivity contribution in [2.24, 2.45) is 0 Å². The van der Waals surface area contributed by atoms with E-state index in [2.05, 4.69) is 10.6 Å². The number of rotatable bonds is 8. The zero-order valence-electron chi connectivity index (χ0n) is 14.7. The molecule has 5 nitrogen and oxygen atoms in total. The first kappa shape index (κ1) is 19.9. The van der Waals surface area contributed by atoms with Crippen molar-refractivity contribution >= 4 is 29.3 Å². The van der Waals surface area contributed by atoms with E-state index in [1.165, 1.54) is 23.9 Å². The fraction of sp³-hybridized carbons (Fsp3) is 0.263. The molecule has 2 N–H and O–H groups in total. The van der Waals surface area contributed by atoms with E-state index in [0.717, 1.165) is 5.56 Å². The molecular formula is C19H21FN2O3S. The number of carbonyl (C=O) groups excluding carboxylic acids is 2. The monoisotopic (exact) mass is 376 g/mol. The summed E-state index contributed by atoms with van der Waals surface area (Å²) in [6, 6.07) is 11.5. The van der Waals surface area contributed by atoms with Gasteiger partial charge in [0.2, 0.25) is 5.91 Å². The number of ether oxygens (including phenoxy) is 1. The van der Waals surface area contributed by atoms with Crippen LogP contribution in [-0.2, 0) is 9.53 Å². The van der Waals surface area contributed by atoms with E-state index >= 15 is 0 Å². The second-order valence-corrected chi connectivity index (χ2v) is 6.58. The Morgan fingerprint density at radius 1 is 1.19 bits per heavy atom. The van der Waals surface area contributed by atoms with Crippen LogP contribution in [0.2, 0.25) is 0 Å². The Balaban J connectivity index is 2.03. The van der Waals surface area contributed by atoms with Crippen LogP contribution in [0.5, 0.6) is 0 Å². The van der Waals surface area contributed by atoms with Crippen LogP contribution in [0, 0.1) is 12.7 Å². The lowest BCUT2D eigenvalue weighted by Crippen LogP contribution is -2.28. The number of thioether (sulfide) groups is 1. The molecule has 2 rings (SSSR count). The van der Waals surface area contributed by atoms with Crippen LogP contribution in [0.3, 0.4) is 0 Å². The highest BCUT2D eigenvalue weighted by atomic mass is 32.2. The molecule has 0 heterocycles. The molecule has 0 aliphatic rings. The van der Waals surface area contributed by atoms with Crippen molar-refractivity contribution in [1.29, 1.82) is 0 Å². The zero-order chi connectivity index (χ0) is 18.9. The summed E-state index contributed by atoms with van der Waals surface area (Å²) in [5.74, 6) is -0.879. The molecule has 7 heteroatoms. The van der Waals surface area contributed by atoms with Gasteiger partial charge in [0.15, 0.2) is 0 Å². The zero-order valence-corrected chi connectivity index (χ0v) is 15.5. The normalized spacial score (nSPS) is 10.4. The molecule has 0 radical (unpaired) electrons. The third kappa shape index (κ3) is 5.86. The van der Waals surface area contributed by atoms with E-state index in [9.17, 15) is 14.0 Å². The van der Waals surface area contributed by atoms with Gasteiger partial charge in [-0.15, -0.1) is 11.8 Å². The molecule has 0 atom stereocenters. The van der Waals surface area contributed by atoms with Gasteiger partial charge in [-0.05, 0) is 36.8 Å². The SMILES string of the molecule is COCCNC(=O)CSc1ccccc1C(=O)Nc1ccc(C)cc1F. The summed E-state index contributed by atoms with van der Waals surface area (Å²) in [6.07, 6.45) is 0. The Hall–Kier alpha value is -2.38. The number of benzene rings is 2. The maximum Gasteiger partial charge on any atom is 0.256 e. The molecular weight excluding hydrogens is 355 g/mol. The molecule has 2 aromatic rings. The summed E-state index contributed by atoms with van der Waals surface area (Å²) < 4.78 is 18.8. The minimum Gasteiger partial charge on any atom is -0.383 e. The van der Waals surface area contributed by atoms with Crippen LogP contribution in [0.25, 0.3) is 0 Å². The smallest absolute Gasteiger partial charge is 0.256 e. The molecule has 0 saturated carbocycles. The third-order valence-corrected chi connectivity index (χ3v) is 4.57. The lowest BCUT2D eigenvalue weighted by atomic mass is 10.2. The Kier molecular flexibility index (Phi) is 7.62. The molecule has 138 valence electrons. The Morgan fingerprint density at radius 2 is 1.96 bits per heavy atom. The van der Waals surface area contributed by atoms with Gasteiger partial charge in [-0.2, -0.15) is 0 Å². The maximum atomic E-state index is 13.9. The van der Waals surface area contributed by atoms with Gasteiger partial charge < -0.3 is 15.4 Å². The van der Waals surface area contributed by atoms with E-state index in [1.807, 2.05) is 0 Å². The predicted octanol–water partition coefficient (Wildman–Crippen LogP) is 3.24. The average Bonchev–Trinajstić information content (AvgIpc) is 2.62. The van der Waals surface area contributed by atoms with E-state index in [1.54, 1.807) is 44.4 Å². The lowest BCUT2D eigenvalue weighted by molar-refractivity contribution is -0.118. The van der Waals surface area contributed by atoms with Gasteiger partial charge in [0.1, 0.15) is 5.82 Å². The van der Waals surface area contributed by atoms with Crippen LogP contribution < -0.4 is 10.6 Å². The van der Waals surface area contributed by atoms with Crippen molar-refractivity contribution in [2.75, 3.05) is 31.3 Å². The van der Waals surface area contributed by atoms with Gasteiger partial charge in [0.25, 0.3) is 5.91 Å². The summed E-state index contributed by atoms with van der Waals surface area (Å²) in [7, 11) is 1.56. The second-order valence-electron chi connectivity index (χ2n) is 5.57. The fourth-order valence-corrected chi connectivity index (χ4v) is 3.06. The minimum atomic E-state index is -0.485. The highest BCUT2D eigenvalue weighted by Crippen LogP contribution is 2.24. The summed E-state index contributed by atoms with van der Waals surface area (Å²) >= 11 is 1.25. The molecule has 0 aliphatic carbocycles. The van der Waals surface area contributed by atoms with Crippen LogP contribution in [0.1, 0.15) is 15.9 Å². The van der Waals surface area contributed by atoms with Crippen molar-refractivity contribution in [1.82, 2.24) is 5.32 Å². The number of aryl methyl sites for hydroxylation is 1. The molecule has 0 aliphatic heterocycles. The van der Waals surface area contributed by atoms with Crippen LogP contribution >= 0.6 is 11.8 Å². The maximum absolute atomic E-state index is 13.9. The Morgan fingerprint density at radius 3 is 2.69 bits per heavy atom. The van der Waals surface area contributed by atoms with Crippen molar-refractivity contribution in [3.63, 3.8) is 0 Å². The standard InChI is InChI=1S/C19H21FN2O3S/c1-13-7-8-16(15(20)11-13)22-19(24)14-5-3-4-6-17(14)26-12-18(23)21-9-10-25-2/h3-8,11H,9-10,12H2,1-2H3,(H,21,23)(H,22,24). The van der Waals surface area contributed by atoms with Crippen LogP contribution in [0.15, 0.2) is 47.4 Å². The van der Waals surface area contributed by atoms with Crippen molar-refractivity contribution in [2.45, 2.75) is 11.8 Å². The van der Waals surface area contributed by atoms with Crippen molar-refractivity contribution in [3.05, 3.63) is 59.4 Å². The van der Waals surface area contributed by atoms with E-state index < -0.39 is 11.7 Å². The van der Waals surface area contributed by atoms with Gasteiger partial charge in [-0.1, -0.05) is 18.2 Å². The molecule has 0 saturated heterocycles. The first-order valence-corrected chi connectivity index (χ1v) is 9.05. The summed E-state index contributed by atoms with van der Waals surface area (Å²) in [5.41, 5.74) is 1.29. The first-order chi connectivity index (χ1) is 12.5. The van der Waals surface area contributed by atoms with Gasteiger partial charge in [-0.3, -0.25) is 9.59 Å². The minimum absolute atomic E-state index is 0.123. The van der Waals surface area contributed by atoms with Crippen LogP contribution in [0.4, 0.5) is 10.1 Å². The van der Waals surface area contributed by atoms with Gasteiger partial charge in [0, 0.05) is 18.6 Å². The summed E-state index contributed by atoms with van der Waals surface area (Å²) in [4.78, 5) is 25.0. The number of hydrogen-bond donors (Lipinski definition) is 2. The molecule has 2 aromatic carbocycles. The number of anilines is 1. The number of halogens is 1. The van der Waals surface area contributed by atoms with E-state index in [0.29, 0.717) is 23.6 Å². The topological polar surface area (TPSA) is 67.4 Å². The number of carbonyl (C=O) groups is 2. The molecule has 0 spiro atoms. The Bertz CT molecular complexity index is 783. The predicted molar refractivity (Wildman–Crippen MR) is 101 cm³/mol. The molecule has 2 amide bonds. The summed E-state index contributed by atoms with van der Waals surface area (Å²) in [5, 5.41) is 5.30. The molecule has 0 bridgehead atoms. The third-order valence-electron chi connectivity index (χ3n) is 3.49. The van der Waals surface area contributed by atoms with E-state index in [-0.39, 0.29) is 17.3 Å². The van der Waals surface area contributed by atoms with E-state index in [4.69, 9.17) is 4.74 Å². The number of amides is 2. The van der Waals surface area contributed by atoms with Crippen LogP contribution in [-0.4, -0.2) is 37.8 Å².